The van der Waals surface area contributed by atoms with Crippen LogP contribution in [0.15, 0.2) is 181 Å². The highest BCUT2D eigenvalue weighted by Gasteiger charge is 2.23. The van der Waals surface area contributed by atoms with Crippen LogP contribution in [0.5, 0.6) is 0 Å². The van der Waals surface area contributed by atoms with Crippen LogP contribution in [0.1, 0.15) is 11.1 Å². The minimum Gasteiger partial charge on any atom is -0.310 e. The lowest BCUT2D eigenvalue weighted by molar-refractivity contribution is 1.28. The molecule has 1 aliphatic rings. The molecule has 0 spiro atoms. The predicted molar refractivity (Wildman–Crippen MR) is 218 cm³/mol. The van der Waals surface area contributed by atoms with E-state index in [1.54, 1.807) is 7.05 Å². The number of nitrogens with zero attached hydrogens (tertiary/aromatic N) is 3. The monoisotopic (exact) mass is 663 g/mol. The first-order valence-corrected chi connectivity index (χ1v) is 17.5. The molecule has 0 aliphatic heterocycles. The zero-order valence-corrected chi connectivity index (χ0v) is 28.7. The minimum absolute atomic E-state index is 0.642. The van der Waals surface area contributed by atoms with E-state index < -0.39 is 0 Å². The Balaban J connectivity index is 1.22. The maximum Gasteiger partial charge on any atom is 0.0991 e. The summed E-state index contributed by atoms with van der Waals surface area (Å²) in [5.74, 6) is 0. The Morgan fingerprint density at radius 1 is 0.462 bits per heavy atom. The summed E-state index contributed by atoms with van der Waals surface area (Å²) >= 11 is 0. The van der Waals surface area contributed by atoms with E-state index in [2.05, 4.69) is 168 Å². The molecular formula is C49H33N3. The van der Waals surface area contributed by atoms with E-state index in [0.717, 1.165) is 50.4 Å². The second-order valence-electron chi connectivity index (χ2n) is 13.1. The zero-order valence-electron chi connectivity index (χ0n) is 28.7. The van der Waals surface area contributed by atoms with Gasteiger partial charge < -0.3 is 4.90 Å². The average molecular weight is 664 g/mol. The number of benzene rings is 8. The smallest absolute Gasteiger partial charge is 0.0991 e. The molecule has 0 unspecified atom stereocenters. The molecule has 1 aliphatic carbocycles. The molecule has 8 aromatic carbocycles. The van der Waals surface area contributed by atoms with Gasteiger partial charge in [0.05, 0.1) is 11.6 Å². The van der Waals surface area contributed by atoms with Gasteiger partial charge in [0.15, 0.2) is 0 Å². The summed E-state index contributed by atoms with van der Waals surface area (Å²) in [5, 5.41) is 12.1. The Morgan fingerprint density at radius 3 is 1.73 bits per heavy atom. The lowest BCUT2D eigenvalue weighted by atomic mass is 9.94. The van der Waals surface area contributed by atoms with E-state index in [4.69, 9.17) is 0 Å². The number of anilines is 3. The van der Waals surface area contributed by atoms with Crippen molar-refractivity contribution in [2.45, 2.75) is 0 Å². The molecule has 0 saturated carbocycles. The molecule has 0 aromatic heterocycles. The van der Waals surface area contributed by atoms with Gasteiger partial charge in [0, 0.05) is 30.3 Å². The van der Waals surface area contributed by atoms with Crippen LogP contribution in [0.25, 0.3) is 66.4 Å². The van der Waals surface area contributed by atoms with Crippen molar-refractivity contribution in [1.82, 2.24) is 0 Å². The summed E-state index contributed by atoms with van der Waals surface area (Å²) in [6.07, 6.45) is 1.87. The van der Waals surface area contributed by atoms with Gasteiger partial charge in [-0.2, -0.15) is 5.26 Å². The van der Waals surface area contributed by atoms with E-state index in [1.165, 1.54) is 38.6 Å². The van der Waals surface area contributed by atoms with Crippen LogP contribution >= 0.6 is 0 Å². The van der Waals surface area contributed by atoms with E-state index in [0.29, 0.717) is 5.56 Å². The van der Waals surface area contributed by atoms with Gasteiger partial charge in [0.25, 0.3) is 0 Å². The highest BCUT2D eigenvalue weighted by atomic mass is 15.1. The Kier molecular flexibility index (Phi) is 7.76. The second kappa shape index (κ2) is 13.0. The summed E-state index contributed by atoms with van der Waals surface area (Å²) < 4.78 is 0. The van der Waals surface area contributed by atoms with E-state index in [1.807, 2.05) is 30.5 Å². The Hall–Kier alpha value is -7.02. The summed E-state index contributed by atoms with van der Waals surface area (Å²) in [5.41, 5.74) is 16.8. The van der Waals surface area contributed by atoms with Gasteiger partial charge in [0.2, 0.25) is 0 Å². The van der Waals surface area contributed by atoms with Gasteiger partial charge in [-0.05, 0) is 127 Å². The van der Waals surface area contributed by atoms with E-state index >= 15 is 0 Å². The molecule has 244 valence electrons. The van der Waals surface area contributed by atoms with Crippen LogP contribution in [0.2, 0.25) is 0 Å². The van der Waals surface area contributed by atoms with Gasteiger partial charge in [-0.3, -0.25) is 4.99 Å². The third-order valence-electron chi connectivity index (χ3n) is 10.0. The Morgan fingerprint density at radius 2 is 1.04 bits per heavy atom. The minimum atomic E-state index is 0.642. The predicted octanol–water partition coefficient (Wildman–Crippen LogP) is 12.9. The molecule has 3 heteroatoms. The Labute approximate surface area is 304 Å². The van der Waals surface area contributed by atoms with Crippen molar-refractivity contribution in [2.24, 2.45) is 4.99 Å². The second-order valence-corrected chi connectivity index (χ2v) is 13.1. The molecule has 0 saturated heterocycles. The molecule has 52 heavy (non-hydrogen) atoms. The highest BCUT2D eigenvalue weighted by Crippen LogP contribution is 2.49. The molecule has 0 fully saturated rings. The fraction of sp³-hybridized carbons (Fsp3) is 0.0204. The van der Waals surface area contributed by atoms with Gasteiger partial charge >= 0.3 is 0 Å². The third-order valence-corrected chi connectivity index (χ3v) is 10.0. The topological polar surface area (TPSA) is 39.4 Å². The van der Waals surface area contributed by atoms with E-state index in [9.17, 15) is 5.26 Å². The van der Waals surface area contributed by atoms with Gasteiger partial charge in [0.1, 0.15) is 0 Å². The largest absolute Gasteiger partial charge is 0.310 e. The molecule has 0 radical (unpaired) electrons. The Bertz CT molecular complexity index is 2650. The maximum absolute atomic E-state index is 9.49. The molecule has 0 bridgehead atoms. The molecule has 0 N–H and O–H groups in total. The van der Waals surface area contributed by atoms with Crippen molar-refractivity contribution in [2.75, 3.05) is 11.9 Å². The van der Waals surface area contributed by atoms with Crippen LogP contribution in [0.3, 0.4) is 0 Å². The van der Waals surface area contributed by atoms with Crippen molar-refractivity contribution in [3.8, 4) is 61.7 Å². The highest BCUT2D eigenvalue weighted by molar-refractivity contribution is 6.18. The average Bonchev–Trinajstić information content (AvgIpc) is 3.54. The number of rotatable bonds is 7. The summed E-state index contributed by atoms with van der Waals surface area (Å²) in [6, 6.07) is 64.8. The summed E-state index contributed by atoms with van der Waals surface area (Å²) in [7, 11) is 1.79. The summed E-state index contributed by atoms with van der Waals surface area (Å²) in [4.78, 5) is 6.53. The fourth-order valence-electron chi connectivity index (χ4n) is 7.62. The summed E-state index contributed by atoms with van der Waals surface area (Å²) in [6.45, 7) is 0. The number of para-hydroxylation sites is 1. The number of hydrogen-bond donors (Lipinski definition) is 0. The standard InChI is InChI=1S/C49H33N3/c1-51-32-34-19-23-36(24-20-34)39-27-38(35-21-17-33(31-50)18-22-35)29-42(30-39)52(40-10-3-2-4-11-40)41-12-7-9-37(28-41)43-25-26-48-45-14-6-5-13-44(45)47-16-8-15-46(43)49(47)48/h2-30,32H,1H3. The number of aliphatic imine (C=N–C) groups is 1. The first-order chi connectivity index (χ1) is 25.7. The van der Waals surface area contributed by atoms with Crippen LogP contribution in [0.4, 0.5) is 17.1 Å². The van der Waals surface area contributed by atoms with Gasteiger partial charge in [-0.1, -0.05) is 121 Å². The van der Waals surface area contributed by atoms with Crippen LogP contribution in [-0.2, 0) is 0 Å². The van der Waals surface area contributed by atoms with Crippen molar-refractivity contribution in [3.05, 3.63) is 187 Å². The number of fused-ring (bicyclic) bond motifs is 3. The normalized spacial score (nSPS) is 11.5. The SMILES string of the molecule is CN=Cc1ccc(-c2cc(-c3ccc(C#N)cc3)cc(N(c3ccccc3)c3cccc(-c4ccc5c6c(cccc46)-c4ccccc4-5)c3)c2)cc1. The van der Waals surface area contributed by atoms with Crippen LogP contribution < -0.4 is 4.90 Å². The van der Waals surface area contributed by atoms with Crippen molar-refractivity contribution in [3.63, 3.8) is 0 Å². The molecule has 3 nitrogen and oxygen atoms in total. The molecule has 0 heterocycles. The van der Waals surface area contributed by atoms with Crippen LogP contribution in [-0.4, -0.2) is 13.3 Å². The van der Waals surface area contributed by atoms with E-state index in [-0.39, 0.29) is 0 Å². The first-order valence-electron chi connectivity index (χ1n) is 17.5. The molecule has 0 atom stereocenters. The first kappa shape index (κ1) is 31.0. The van der Waals surface area contributed by atoms with Crippen molar-refractivity contribution < 1.29 is 0 Å². The van der Waals surface area contributed by atoms with Gasteiger partial charge in [-0.15, -0.1) is 0 Å². The molecule has 8 aromatic rings. The third kappa shape index (κ3) is 5.44. The van der Waals surface area contributed by atoms with Crippen molar-refractivity contribution >= 4 is 34.0 Å². The lowest BCUT2D eigenvalue weighted by Crippen LogP contribution is -2.10. The molecule has 9 rings (SSSR count). The van der Waals surface area contributed by atoms with Crippen molar-refractivity contribution in [1.29, 1.82) is 5.26 Å². The maximum atomic E-state index is 9.49. The number of hydrogen-bond acceptors (Lipinski definition) is 3. The zero-order chi connectivity index (χ0) is 35.0. The number of nitriles is 1. The van der Waals surface area contributed by atoms with Gasteiger partial charge in [-0.25, -0.2) is 0 Å². The van der Waals surface area contributed by atoms with Crippen LogP contribution in [0, 0.1) is 11.3 Å². The molecule has 0 amide bonds. The molecular weight excluding hydrogens is 631 g/mol. The lowest BCUT2D eigenvalue weighted by Gasteiger charge is -2.27. The fourth-order valence-corrected chi connectivity index (χ4v) is 7.62. The quantitative estimate of drug-likeness (QED) is 0.159.